The van der Waals surface area contributed by atoms with E-state index < -0.39 is 11.9 Å². The molecule has 7 heteroatoms. The second-order valence-electron chi connectivity index (χ2n) is 9.73. The fraction of sp³-hybridized carbons (Fsp3) is 0.419. The molecule has 0 spiro atoms. The Balaban J connectivity index is 1.80. The summed E-state index contributed by atoms with van der Waals surface area (Å²) in [5.74, 6) is 0.888. The summed E-state index contributed by atoms with van der Waals surface area (Å²) in [6, 6.07) is 13.4. The summed E-state index contributed by atoms with van der Waals surface area (Å²) in [7, 11) is 3.20. The van der Waals surface area contributed by atoms with Gasteiger partial charge < -0.3 is 24.3 Å². The van der Waals surface area contributed by atoms with Crippen LogP contribution in [0.1, 0.15) is 69.9 Å². The topological polar surface area (TPSA) is 83.1 Å². The number of hydrogen-bond donors (Lipinski definition) is 1. The van der Waals surface area contributed by atoms with Gasteiger partial charge in [0.1, 0.15) is 5.75 Å². The van der Waals surface area contributed by atoms with Crippen LogP contribution in [0.4, 0.5) is 0 Å². The Morgan fingerprint density at radius 2 is 1.76 bits per heavy atom. The number of nitrogens with one attached hydrogen (secondary N) is 1. The number of carbonyl (C=O) groups excluding carboxylic acids is 2. The summed E-state index contributed by atoms with van der Waals surface area (Å²) in [5, 5.41) is 3.41. The number of methoxy groups -OCH3 is 2. The minimum absolute atomic E-state index is 0.00354. The minimum atomic E-state index is -0.579. The number of ether oxygens (including phenoxy) is 4. The summed E-state index contributed by atoms with van der Waals surface area (Å²) in [5.41, 5.74) is 4.37. The molecule has 1 N–H and O–H groups in total. The van der Waals surface area contributed by atoms with E-state index in [2.05, 4.69) is 5.32 Å². The number of rotatable bonds is 9. The Kier molecular flexibility index (Phi) is 8.45. The molecule has 0 unspecified atom stereocenters. The number of ketones is 1. The van der Waals surface area contributed by atoms with Crippen LogP contribution in [0, 0.1) is 0 Å². The smallest absolute Gasteiger partial charge is 0.337 e. The maximum Gasteiger partial charge on any atom is 0.337 e. The first-order chi connectivity index (χ1) is 18.3. The van der Waals surface area contributed by atoms with Crippen molar-refractivity contribution in [1.29, 1.82) is 0 Å². The third-order valence-corrected chi connectivity index (χ3v) is 7.34. The van der Waals surface area contributed by atoms with Crippen molar-refractivity contribution in [3.8, 4) is 17.2 Å². The van der Waals surface area contributed by atoms with E-state index in [0.29, 0.717) is 60.0 Å². The molecular weight excluding hydrogens is 482 g/mol. The van der Waals surface area contributed by atoms with Crippen molar-refractivity contribution in [1.82, 2.24) is 5.32 Å². The van der Waals surface area contributed by atoms with Crippen molar-refractivity contribution in [3.05, 3.63) is 76.1 Å². The van der Waals surface area contributed by atoms with Gasteiger partial charge in [-0.1, -0.05) is 31.2 Å². The van der Waals surface area contributed by atoms with E-state index in [0.717, 1.165) is 16.8 Å². The largest absolute Gasteiger partial charge is 0.494 e. The zero-order chi connectivity index (χ0) is 27.4. The minimum Gasteiger partial charge on any atom is -0.494 e. The average Bonchev–Trinajstić information content (AvgIpc) is 2.92. The molecule has 0 fully saturated rings. The zero-order valence-electron chi connectivity index (χ0n) is 23.1. The highest BCUT2D eigenvalue weighted by molar-refractivity contribution is 6.04. The number of benzene rings is 2. The zero-order valence-corrected chi connectivity index (χ0v) is 23.1. The predicted molar refractivity (Wildman–Crippen MR) is 146 cm³/mol. The quantitative estimate of drug-likeness (QED) is 0.419. The SMILES string of the molecule is CCOc1ccccc1[C@@H]1C(C(=O)O[C@@H](C)CC)=C(C)NC2=C1C(=O)C[C@H](c1ccc(OC)c(OC)c1)C2. The molecule has 202 valence electrons. The highest BCUT2D eigenvalue weighted by Gasteiger charge is 2.42. The van der Waals surface area contributed by atoms with E-state index in [1.54, 1.807) is 14.2 Å². The first kappa shape index (κ1) is 27.3. The average molecular weight is 520 g/mol. The molecule has 2 aromatic carbocycles. The summed E-state index contributed by atoms with van der Waals surface area (Å²) in [4.78, 5) is 27.4. The Labute approximate surface area is 224 Å². The van der Waals surface area contributed by atoms with E-state index in [-0.39, 0.29) is 17.8 Å². The fourth-order valence-corrected chi connectivity index (χ4v) is 5.30. The van der Waals surface area contributed by atoms with Crippen molar-refractivity contribution in [2.24, 2.45) is 0 Å². The molecule has 7 nitrogen and oxygen atoms in total. The van der Waals surface area contributed by atoms with Gasteiger partial charge in [0.15, 0.2) is 17.3 Å². The molecule has 0 amide bonds. The van der Waals surface area contributed by atoms with E-state index in [4.69, 9.17) is 18.9 Å². The van der Waals surface area contributed by atoms with Crippen LogP contribution in [0.3, 0.4) is 0 Å². The number of para-hydroxylation sites is 1. The monoisotopic (exact) mass is 519 g/mol. The van der Waals surface area contributed by atoms with Crippen molar-refractivity contribution >= 4 is 11.8 Å². The molecule has 4 rings (SSSR count). The summed E-state index contributed by atoms with van der Waals surface area (Å²) in [6.45, 7) is 8.11. The number of Topliss-reactive ketones (excluding diaryl/α,β-unsaturated/α-hetero) is 1. The van der Waals surface area contributed by atoms with Crippen molar-refractivity contribution in [3.63, 3.8) is 0 Å². The van der Waals surface area contributed by atoms with Gasteiger partial charge in [-0.3, -0.25) is 4.79 Å². The molecule has 2 aliphatic rings. The molecule has 1 aliphatic heterocycles. The van der Waals surface area contributed by atoms with Crippen LogP contribution >= 0.6 is 0 Å². The van der Waals surface area contributed by atoms with Crippen LogP contribution in [0.2, 0.25) is 0 Å². The van der Waals surface area contributed by atoms with Gasteiger partial charge in [0.25, 0.3) is 0 Å². The van der Waals surface area contributed by atoms with Gasteiger partial charge in [-0.15, -0.1) is 0 Å². The molecule has 0 saturated carbocycles. The van der Waals surface area contributed by atoms with Crippen LogP contribution in [0.5, 0.6) is 17.2 Å². The molecule has 1 heterocycles. The van der Waals surface area contributed by atoms with Gasteiger partial charge in [-0.05, 0) is 63.3 Å². The number of hydrogen-bond acceptors (Lipinski definition) is 7. The molecular formula is C31H37NO6. The number of allylic oxidation sites excluding steroid dienone is 3. The normalized spacial score (nSPS) is 19.9. The highest BCUT2D eigenvalue weighted by Crippen LogP contribution is 2.48. The fourth-order valence-electron chi connectivity index (χ4n) is 5.30. The maximum absolute atomic E-state index is 13.9. The second kappa shape index (κ2) is 11.8. The lowest BCUT2D eigenvalue weighted by molar-refractivity contribution is -0.144. The lowest BCUT2D eigenvalue weighted by atomic mass is 9.71. The molecule has 1 aliphatic carbocycles. The number of carbonyl (C=O) groups is 2. The third kappa shape index (κ3) is 5.28. The van der Waals surface area contributed by atoms with Gasteiger partial charge in [0.05, 0.1) is 38.4 Å². The van der Waals surface area contributed by atoms with E-state index >= 15 is 0 Å². The first-order valence-electron chi connectivity index (χ1n) is 13.2. The standard InChI is InChI=1S/C31H37NO6/c1-7-18(3)38-31(34)28-19(4)32-23-15-21(20-13-14-26(35-5)27(17-20)36-6)16-24(33)30(23)29(28)22-11-9-10-12-25(22)37-8-2/h9-14,17-18,21,29,32H,7-8,15-16H2,1-6H3/t18-,21+,29+/m0/s1. The van der Waals surface area contributed by atoms with Crippen LogP contribution in [-0.2, 0) is 14.3 Å². The molecule has 0 bridgehead atoms. The molecule has 38 heavy (non-hydrogen) atoms. The van der Waals surface area contributed by atoms with Crippen LogP contribution in [0.25, 0.3) is 0 Å². The van der Waals surface area contributed by atoms with Gasteiger partial charge in [-0.2, -0.15) is 0 Å². The second-order valence-corrected chi connectivity index (χ2v) is 9.73. The van der Waals surface area contributed by atoms with Gasteiger partial charge in [-0.25, -0.2) is 4.79 Å². The van der Waals surface area contributed by atoms with Gasteiger partial charge >= 0.3 is 5.97 Å². The molecule has 3 atom stereocenters. The summed E-state index contributed by atoms with van der Waals surface area (Å²) >= 11 is 0. The predicted octanol–water partition coefficient (Wildman–Crippen LogP) is 5.81. The maximum atomic E-state index is 13.9. The molecule has 0 saturated heterocycles. The van der Waals surface area contributed by atoms with E-state index in [1.807, 2.05) is 70.2 Å². The Morgan fingerprint density at radius 1 is 1.03 bits per heavy atom. The number of esters is 1. The van der Waals surface area contributed by atoms with E-state index in [9.17, 15) is 9.59 Å². The first-order valence-corrected chi connectivity index (χ1v) is 13.2. The lowest BCUT2D eigenvalue weighted by Gasteiger charge is -2.37. The highest BCUT2D eigenvalue weighted by atomic mass is 16.5. The third-order valence-electron chi connectivity index (χ3n) is 7.34. The van der Waals surface area contributed by atoms with E-state index in [1.165, 1.54) is 0 Å². The molecule has 0 aromatic heterocycles. The van der Waals surface area contributed by atoms with Crippen molar-refractivity contribution in [2.45, 2.75) is 64.9 Å². The molecule has 2 aromatic rings. The summed E-state index contributed by atoms with van der Waals surface area (Å²) in [6.07, 6.45) is 1.40. The van der Waals surface area contributed by atoms with Gasteiger partial charge in [0.2, 0.25) is 0 Å². The van der Waals surface area contributed by atoms with Crippen LogP contribution in [0.15, 0.2) is 65.0 Å². The van der Waals surface area contributed by atoms with Crippen LogP contribution < -0.4 is 19.5 Å². The van der Waals surface area contributed by atoms with Gasteiger partial charge in [0, 0.05) is 29.0 Å². The van der Waals surface area contributed by atoms with Crippen molar-refractivity contribution in [2.75, 3.05) is 20.8 Å². The Morgan fingerprint density at radius 3 is 2.45 bits per heavy atom. The Bertz CT molecular complexity index is 1280. The van der Waals surface area contributed by atoms with Crippen molar-refractivity contribution < 1.29 is 28.5 Å². The van der Waals surface area contributed by atoms with Crippen LogP contribution in [-0.4, -0.2) is 38.7 Å². The number of dihydropyridines is 1. The summed E-state index contributed by atoms with van der Waals surface area (Å²) < 4.78 is 22.6. The lowest BCUT2D eigenvalue weighted by Crippen LogP contribution is -2.36. The molecule has 0 radical (unpaired) electrons. The Hall–Kier alpha value is -3.74.